The minimum absolute atomic E-state index is 0.00805. The monoisotopic (exact) mass is 365 g/mol. The number of hydrogen-bond acceptors (Lipinski definition) is 6. The van der Waals surface area contributed by atoms with Crippen LogP contribution in [0.2, 0.25) is 0 Å². The highest BCUT2D eigenvalue weighted by atomic mass is 32.1. The van der Waals surface area contributed by atoms with Gasteiger partial charge in [0.2, 0.25) is 0 Å². The molecule has 1 saturated heterocycles. The number of hydrogen-bond donors (Lipinski definition) is 0. The second-order valence-electron chi connectivity index (χ2n) is 6.10. The van der Waals surface area contributed by atoms with Gasteiger partial charge in [-0.15, -0.1) is 11.3 Å². The number of carbonyl (C=O) groups excluding carboxylic acids is 1. The fourth-order valence-corrected chi connectivity index (χ4v) is 3.83. The number of rotatable bonds is 3. The molecule has 4 rings (SSSR count). The standard InChI is InChI=1S/C19H19N5OS/c25-19(17-14-26-18(22-17)16-13-20-7-8-21-16)24-10-4-9-23(11-12-24)15-5-2-1-3-6-15/h1-3,5-8,13-14H,4,9-12H2. The Morgan fingerprint density at radius 1 is 1.04 bits per heavy atom. The first kappa shape index (κ1) is 16.7. The maximum absolute atomic E-state index is 12.9. The molecule has 7 heteroatoms. The van der Waals surface area contributed by atoms with Crippen LogP contribution < -0.4 is 4.90 Å². The number of benzene rings is 1. The van der Waals surface area contributed by atoms with Gasteiger partial charge in [-0.2, -0.15) is 0 Å². The molecule has 0 N–H and O–H groups in total. The Morgan fingerprint density at radius 2 is 1.92 bits per heavy atom. The third kappa shape index (κ3) is 3.57. The number of thiazole rings is 1. The van der Waals surface area contributed by atoms with E-state index in [-0.39, 0.29) is 5.91 Å². The van der Waals surface area contributed by atoms with Gasteiger partial charge in [0, 0.05) is 49.6 Å². The summed E-state index contributed by atoms with van der Waals surface area (Å²) in [4.78, 5) is 29.9. The summed E-state index contributed by atoms with van der Waals surface area (Å²) in [5, 5.41) is 2.54. The minimum atomic E-state index is -0.00805. The predicted octanol–water partition coefficient (Wildman–Crippen LogP) is 2.95. The fourth-order valence-electron chi connectivity index (χ4n) is 3.08. The summed E-state index contributed by atoms with van der Waals surface area (Å²) in [6.07, 6.45) is 5.86. The SMILES string of the molecule is O=C(c1csc(-c2cnccn2)n1)N1CCCN(c2ccccc2)CC1. The van der Waals surface area contributed by atoms with E-state index in [0.29, 0.717) is 17.9 Å². The quantitative estimate of drug-likeness (QED) is 0.714. The Bertz CT molecular complexity index is 868. The average Bonchev–Trinajstić information content (AvgIpc) is 3.07. The van der Waals surface area contributed by atoms with Gasteiger partial charge in [0.1, 0.15) is 16.4 Å². The van der Waals surface area contributed by atoms with Crippen molar-refractivity contribution >= 4 is 22.9 Å². The number of amides is 1. The van der Waals surface area contributed by atoms with Gasteiger partial charge in [0.15, 0.2) is 0 Å². The molecule has 132 valence electrons. The van der Waals surface area contributed by atoms with Gasteiger partial charge in [0.05, 0.1) is 6.20 Å². The molecular formula is C19H19N5OS. The van der Waals surface area contributed by atoms with Gasteiger partial charge >= 0.3 is 0 Å². The van der Waals surface area contributed by atoms with Crippen molar-refractivity contribution in [1.29, 1.82) is 0 Å². The first-order valence-electron chi connectivity index (χ1n) is 8.62. The summed E-state index contributed by atoms with van der Waals surface area (Å²) in [7, 11) is 0. The highest BCUT2D eigenvalue weighted by Gasteiger charge is 2.22. The van der Waals surface area contributed by atoms with Crippen molar-refractivity contribution in [2.75, 3.05) is 31.1 Å². The van der Waals surface area contributed by atoms with Gasteiger partial charge in [-0.25, -0.2) is 4.98 Å². The van der Waals surface area contributed by atoms with Crippen LogP contribution in [0.15, 0.2) is 54.3 Å². The van der Waals surface area contributed by atoms with Crippen molar-refractivity contribution in [3.8, 4) is 10.7 Å². The zero-order valence-electron chi connectivity index (χ0n) is 14.3. The van der Waals surface area contributed by atoms with E-state index in [0.717, 1.165) is 31.1 Å². The molecule has 0 saturated carbocycles. The number of para-hydroxylation sites is 1. The third-order valence-electron chi connectivity index (χ3n) is 4.41. The predicted molar refractivity (Wildman–Crippen MR) is 102 cm³/mol. The second kappa shape index (κ2) is 7.61. The van der Waals surface area contributed by atoms with E-state index in [1.807, 2.05) is 28.5 Å². The normalized spacial score (nSPS) is 14.9. The molecule has 1 aromatic carbocycles. The summed E-state index contributed by atoms with van der Waals surface area (Å²) in [6, 6.07) is 10.4. The Labute approximate surface area is 156 Å². The molecule has 1 amide bonds. The Balaban J connectivity index is 1.45. The molecule has 0 atom stereocenters. The molecule has 1 fully saturated rings. The van der Waals surface area contributed by atoms with E-state index in [9.17, 15) is 4.79 Å². The molecule has 0 radical (unpaired) electrons. The smallest absolute Gasteiger partial charge is 0.273 e. The van der Waals surface area contributed by atoms with E-state index in [1.54, 1.807) is 18.6 Å². The van der Waals surface area contributed by atoms with Crippen LogP contribution in [0.5, 0.6) is 0 Å². The summed E-state index contributed by atoms with van der Waals surface area (Å²) in [5.41, 5.74) is 2.40. The molecule has 0 bridgehead atoms. The molecular weight excluding hydrogens is 346 g/mol. The van der Waals surface area contributed by atoms with Crippen LogP contribution in [0.1, 0.15) is 16.9 Å². The van der Waals surface area contributed by atoms with Crippen molar-refractivity contribution in [3.63, 3.8) is 0 Å². The molecule has 2 aromatic heterocycles. The topological polar surface area (TPSA) is 62.2 Å². The van der Waals surface area contributed by atoms with Crippen LogP contribution >= 0.6 is 11.3 Å². The molecule has 3 heterocycles. The van der Waals surface area contributed by atoms with Crippen molar-refractivity contribution < 1.29 is 4.79 Å². The van der Waals surface area contributed by atoms with Crippen LogP contribution in [-0.4, -0.2) is 51.9 Å². The lowest BCUT2D eigenvalue weighted by Gasteiger charge is -2.23. The highest BCUT2D eigenvalue weighted by molar-refractivity contribution is 7.13. The fraction of sp³-hybridized carbons (Fsp3) is 0.263. The lowest BCUT2D eigenvalue weighted by atomic mass is 10.3. The van der Waals surface area contributed by atoms with Crippen LogP contribution in [0.25, 0.3) is 10.7 Å². The lowest BCUT2D eigenvalue weighted by molar-refractivity contribution is 0.0762. The first-order valence-corrected chi connectivity index (χ1v) is 9.50. The van der Waals surface area contributed by atoms with E-state index >= 15 is 0 Å². The van der Waals surface area contributed by atoms with E-state index < -0.39 is 0 Å². The second-order valence-corrected chi connectivity index (χ2v) is 6.96. The van der Waals surface area contributed by atoms with Gasteiger partial charge in [-0.05, 0) is 18.6 Å². The highest BCUT2D eigenvalue weighted by Crippen LogP contribution is 2.22. The van der Waals surface area contributed by atoms with Crippen LogP contribution in [0.3, 0.4) is 0 Å². The molecule has 1 aliphatic heterocycles. The van der Waals surface area contributed by atoms with Gasteiger partial charge in [0.25, 0.3) is 5.91 Å². The summed E-state index contributed by atoms with van der Waals surface area (Å²) < 4.78 is 0. The Hall–Kier alpha value is -2.80. The molecule has 3 aromatic rings. The van der Waals surface area contributed by atoms with Crippen molar-refractivity contribution in [2.24, 2.45) is 0 Å². The average molecular weight is 365 g/mol. The number of nitrogens with zero attached hydrogens (tertiary/aromatic N) is 5. The van der Waals surface area contributed by atoms with Crippen LogP contribution in [0, 0.1) is 0 Å². The minimum Gasteiger partial charge on any atom is -0.370 e. The largest absolute Gasteiger partial charge is 0.370 e. The number of anilines is 1. The third-order valence-corrected chi connectivity index (χ3v) is 5.27. The number of aromatic nitrogens is 3. The maximum atomic E-state index is 12.9. The van der Waals surface area contributed by atoms with E-state index in [4.69, 9.17) is 0 Å². The molecule has 0 spiro atoms. The van der Waals surface area contributed by atoms with Crippen molar-refractivity contribution in [3.05, 3.63) is 60.0 Å². The van der Waals surface area contributed by atoms with Crippen molar-refractivity contribution in [2.45, 2.75) is 6.42 Å². The van der Waals surface area contributed by atoms with Gasteiger partial charge in [-0.1, -0.05) is 18.2 Å². The summed E-state index contributed by atoms with van der Waals surface area (Å²) in [5.74, 6) is -0.00805. The number of carbonyl (C=O) groups is 1. The zero-order valence-corrected chi connectivity index (χ0v) is 15.1. The van der Waals surface area contributed by atoms with E-state index in [1.165, 1.54) is 17.0 Å². The molecule has 6 nitrogen and oxygen atoms in total. The maximum Gasteiger partial charge on any atom is 0.273 e. The van der Waals surface area contributed by atoms with Gasteiger partial charge in [-0.3, -0.25) is 14.8 Å². The molecule has 1 aliphatic rings. The van der Waals surface area contributed by atoms with E-state index in [2.05, 4.69) is 32.0 Å². The van der Waals surface area contributed by atoms with Crippen LogP contribution in [0.4, 0.5) is 5.69 Å². The van der Waals surface area contributed by atoms with Crippen molar-refractivity contribution in [1.82, 2.24) is 19.9 Å². The Kier molecular flexibility index (Phi) is 4.88. The summed E-state index contributed by atoms with van der Waals surface area (Å²) in [6.45, 7) is 3.23. The molecule has 0 aliphatic carbocycles. The Morgan fingerprint density at radius 3 is 2.73 bits per heavy atom. The summed E-state index contributed by atoms with van der Waals surface area (Å²) >= 11 is 1.43. The zero-order chi connectivity index (χ0) is 17.8. The first-order chi connectivity index (χ1) is 12.8. The van der Waals surface area contributed by atoms with Gasteiger partial charge < -0.3 is 9.80 Å². The van der Waals surface area contributed by atoms with Crippen LogP contribution in [-0.2, 0) is 0 Å². The molecule has 26 heavy (non-hydrogen) atoms. The lowest BCUT2D eigenvalue weighted by Crippen LogP contribution is -2.35. The molecule has 0 unspecified atom stereocenters.